The number of rotatable bonds is 7. The van der Waals surface area contributed by atoms with Gasteiger partial charge in [-0.1, -0.05) is 44.2 Å². The first-order chi connectivity index (χ1) is 11.0. The summed E-state index contributed by atoms with van der Waals surface area (Å²) < 4.78 is 5.68. The molecule has 0 aromatic heterocycles. The van der Waals surface area contributed by atoms with Gasteiger partial charge in [0, 0.05) is 11.6 Å². The topological polar surface area (TPSA) is 55.4 Å². The predicted octanol–water partition coefficient (Wildman–Crippen LogP) is 3.82. The standard InChI is InChI=1S/C19H21NO3/c1-14(2)18(21)12-19(22)20-16-8-10-17(11-9-16)23-13-15-6-4-3-5-7-15/h3-11,14H,12-13H2,1-2H3,(H,20,22). The van der Waals surface area contributed by atoms with E-state index in [4.69, 9.17) is 4.74 Å². The Hall–Kier alpha value is -2.62. The summed E-state index contributed by atoms with van der Waals surface area (Å²) in [6.07, 6.45) is -0.0933. The second-order valence-corrected chi connectivity index (χ2v) is 5.64. The second kappa shape index (κ2) is 8.13. The molecular formula is C19H21NO3. The van der Waals surface area contributed by atoms with Crippen LogP contribution in [0.1, 0.15) is 25.8 Å². The predicted molar refractivity (Wildman–Crippen MR) is 90.3 cm³/mol. The molecule has 120 valence electrons. The molecule has 0 bridgehead atoms. The highest BCUT2D eigenvalue weighted by atomic mass is 16.5. The van der Waals surface area contributed by atoms with Gasteiger partial charge in [0.2, 0.25) is 5.91 Å². The van der Waals surface area contributed by atoms with E-state index in [0.717, 1.165) is 11.3 Å². The molecule has 0 aliphatic rings. The maximum Gasteiger partial charge on any atom is 0.231 e. The van der Waals surface area contributed by atoms with Crippen LogP contribution in [0.2, 0.25) is 0 Å². The number of hydrogen-bond acceptors (Lipinski definition) is 3. The fraction of sp³-hybridized carbons (Fsp3) is 0.263. The molecule has 0 saturated heterocycles. The van der Waals surface area contributed by atoms with Gasteiger partial charge in [-0.2, -0.15) is 0 Å². The fourth-order valence-electron chi connectivity index (χ4n) is 1.94. The van der Waals surface area contributed by atoms with E-state index in [1.165, 1.54) is 0 Å². The summed E-state index contributed by atoms with van der Waals surface area (Å²) in [5.74, 6) is 0.242. The molecule has 0 saturated carbocycles. The van der Waals surface area contributed by atoms with E-state index in [-0.39, 0.29) is 24.0 Å². The average Bonchev–Trinajstić information content (AvgIpc) is 2.55. The second-order valence-electron chi connectivity index (χ2n) is 5.64. The minimum absolute atomic E-state index is 0.0645. The maximum absolute atomic E-state index is 11.8. The summed E-state index contributed by atoms with van der Waals surface area (Å²) in [6.45, 7) is 4.07. The van der Waals surface area contributed by atoms with Crippen molar-refractivity contribution >= 4 is 17.4 Å². The van der Waals surface area contributed by atoms with Crippen molar-refractivity contribution in [2.75, 3.05) is 5.32 Å². The van der Waals surface area contributed by atoms with E-state index in [1.807, 2.05) is 30.3 Å². The Morgan fingerprint density at radius 2 is 1.65 bits per heavy atom. The number of ether oxygens (including phenoxy) is 1. The van der Waals surface area contributed by atoms with E-state index < -0.39 is 0 Å². The maximum atomic E-state index is 11.8. The molecule has 0 unspecified atom stereocenters. The summed E-state index contributed by atoms with van der Waals surface area (Å²) in [5, 5.41) is 2.71. The van der Waals surface area contributed by atoms with Crippen LogP contribution in [0.5, 0.6) is 5.75 Å². The van der Waals surface area contributed by atoms with Gasteiger partial charge in [0.25, 0.3) is 0 Å². The van der Waals surface area contributed by atoms with Crippen LogP contribution in [-0.2, 0) is 16.2 Å². The Balaban J connectivity index is 1.84. The van der Waals surface area contributed by atoms with Gasteiger partial charge in [-0.05, 0) is 29.8 Å². The van der Waals surface area contributed by atoms with Crippen LogP contribution in [0.3, 0.4) is 0 Å². The molecule has 0 heterocycles. The Labute approximate surface area is 136 Å². The number of Topliss-reactive ketones (excluding diaryl/α,β-unsaturated/α-hetero) is 1. The van der Waals surface area contributed by atoms with Crippen molar-refractivity contribution in [2.45, 2.75) is 26.9 Å². The normalized spacial score (nSPS) is 10.4. The molecule has 2 aromatic carbocycles. The third kappa shape index (κ3) is 5.58. The first-order valence-electron chi connectivity index (χ1n) is 7.64. The van der Waals surface area contributed by atoms with Crippen molar-refractivity contribution in [3.05, 3.63) is 60.2 Å². The number of nitrogens with one attached hydrogen (secondary N) is 1. The number of hydrogen-bond donors (Lipinski definition) is 1. The monoisotopic (exact) mass is 311 g/mol. The Kier molecular flexibility index (Phi) is 5.92. The van der Waals surface area contributed by atoms with Gasteiger partial charge >= 0.3 is 0 Å². The number of benzene rings is 2. The van der Waals surface area contributed by atoms with Crippen molar-refractivity contribution < 1.29 is 14.3 Å². The van der Waals surface area contributed by atoms with E-state index >= 15 is 0 Å². The van der Waals surface area contributed by atoms with Crippen LogP contribution >= 0.6 is 0 Å². The van der Waals surface area contributed by atoms with Crippen LogP contribution in [0.4, 0.5) is 5.69 Å². The van der Waals surface area contributed by atoms with Crippen molar-refractivity contribution in [1.29, 1.82) is 0 Å². The molecule has 0 fully saturated rings. The summed E-state index contributed by atoms with van der Waals surface area (Å²) in [7, 11) is 0. The van der Waals surface area contributed by atoms with Gasteiger partial charge in [0.1, 0.15) is 18.1 Å². The molecule has 4 nitrogen and oxygen atoms in total. The third-order valence-corrected chi connectivity index (χ3v) is 3.37. The first kappa shape index (κ1) is 16.7. The first-order valence-corrected chi connectivity index (χ1v) is 7.64. The lowest BCUT2D eigenvalue weighted by Gasteiger charge is -2.09. The number of anilines is 1. The molecule has 2 aromatic rings. The number of carbonyl (C=O) groups is 2. The van der Waals surface area contributed by atoms with Gasteiger partial charge in [-0.3, -0.25) is 9.59 Å². The molecule has 4 heteroatoms. The molecule has 0 radical (unpaired) electrons. The van der Waals surface area contributed by atoms with Gasteiger partial charge in [0.05, 0.1) is 6.42 Å². The average molecular weight is 311 g/mol. The summed E-state index contributed by atoms with van der Waals surface area (Å²) in [5.41, 5.74) is 1.75. The van der Waals surface area contributed by atoms with Crippen molar-refractivity contribution in [3.63, 3.8) is 0 Å². The van der Waals surface area contributed by atoms with Crippen molar-refractivity contribution in [1.82, 2.24) is 0 Å². The molecule has 1 amide bonds. The fourth-order valence-corrected chi connectivity index (χ4v) is 1.94. The smallest absolute Gasteiger partial charge is 0.231 e. The van der Waals surface area contributed by atoms with Gasteiger partial charge < -0.3 is 10.1 Å². The lowest BCUT2D eigenvalue weighted by Crippen LogP contribution is -2.19. The van der Waals surface area contributed by atoms with E-state index in [0.29, 0.717) is 12.3 Å². The molecule has 1 N–H and O–H groups in total. The van der Waals surface area contributed by atoms with Crippen LogP contribution in [-0.4, -0.2) is 11.7 Å². The van der Waals surface area contributed by atoms with Crippen molar-refractivity contribution in [3.8, 4) is 5.75 Å². The highest BCUT2D eigenvalue weighted by Crippen LogP contribution is 2.17. The molecular weight excluding hydrogens is 290 g/mol. The van der Waals surface area contributed by atoms with E-state index in [2.05, 4.69) is 5.32 Å². The molecule has 0 spiro atoms. The molecule has 0 atom stereocenters. The lowest BCUT2D eigenvalue weighted by molar-refractivity contribution is -0.127. The third-order valence-electron chi connectivity index (χ3n) is 3.37. The highest BCUT2D eigenvalue weighted by molar-refractivity contribution is 6.04. The lowest BCUT2D eigenvalue weighted by atomic mass is 10.1. The van der Waals surface area contributed by atoms with Crippen molar-refractivity contribution in [2.24, 2.45) is 5.92 Å². The zero-order chi connectivity index (χ0) is 16.7. The molecule has 2 rings (SSSR count). The molecule has 23 heavy (non-hydrogen) atoms. The zero-order valence-electron chi connectivity index (χ0n) is 13.4. The summed E-state index contributed by atoms with van der Waals surface area (Å²) >= 11 is 0. The Morgan fingerprint density at radius 3 is 2.26 bits per heavy atom. The van der Waals surface area contributed by atoms with Crippen LogP contribution in [0.15, 0.2) is 54.6 Å². The quantitative estimate of drug-likeness (QED) is 0.791. The van der Waals surface area contributed by atoms with E-state index in [9.17, 15) is 9.59 Å². The van der Waals surface area contributed by atoms with Gasteiger partial charge in [-0.25, -0.2) is 0 Å². The van der Waals surface area contributed by atoms with E-state index in [1.54, 1.807) is 38.1 Å². The van der Waals surface area contributed by atoms with Crippen LogP contribution in [0, 0.1) is 5.92 Å². The zero-order valence-corrected chi connectivity index (χ0v) is 13.4. The summed E-state index contributed by atoms with van der Waals surface area (Å²) in [4.78, 5) is 23.3. The number of amides is 1. The van der Waals surface area contributed by atoms with Crippen LogP contribution in [0.25, 0.3) is 0 Å². The summed E-state index contributed by atoms with van der Waals surface area (Å²) in [6, 6.07) is 17.0. The van der Waals surface area contributed by atoms with Gasteiger partial charge in [0.15, 0.2) is 0 Å². The molecule has 0 aliphatic carbocycles. The number of ketones is 1. The largest absolute Gasteiger partial charge is 0.489 e. The van der Waals surface area contributed by atoms with Gasteiger partial charge in [-0.15, -0.1) is 0 Å². The SMILES string of the molecule is CC(C)C(=O)CC(=O)Nc1ccc(OCc2ccccc2)cc1. The Bertz CT molecular complexity index is 648. The Morgan fingerprint density at radius 1 is 1.00 bits per heavy atom. The number of carbonyl (C=O) groups excluding carboxylic acids is 2. The highest BCUT2D eigenvalue weighted by Gasteiger charge is 2.12. The minimum Gasteiger partial charge on any atom is -0.489 e. The molecule has 0 aliphatic heterocycles. The minimum atomic E-state index is -0.290. The van der Waals surface area contributed by atoms with Crippen LogP contribution < -0.4 is 10.1 Å².